The molecular weight excluding hydrogens is 388 g/mol. The Bertz CT molecular complexity index is 1030. The fraction of sp³-hybridized carbons (Fsp3) is 0.318. The highest BCUT2D eigenvalue weighted by molar-refractivity contribution is 7.89. The molecule has 29 heavy (non-hydrogen) atoms. The number of carboxylic acid groups (broad SMARTS) is 1. The monoisotopic (exact) mass is 412 g/mol. The van der Waals surface area contributed by atoms with Gasteiger partial charge in [-0.3, -0.25) is 4.79 Å². The molecular formula is C22H24N2O4S. The van der Waals surface area contributed by atoms with Gasteiger partial charge in [0.25, 0.3) is 0 Å². The lowest BCUT2D eigenvalue weighted by Gasteiger charge is -2.26. The summed E-state index contributed by atoms with van der Waals surface area (Å²) in [5.41, 5.74) is 2.22. The van der Waals surface area contributed by atoms with Gasteiger partial charge in [-0.15, -0.1) is 0 Å². The molecule has 0 radical (unpaired) electrons. The zero-order chi connectivity index (χ0) is 20.9. The highest BCUT2D eigenvalue weighted by Gasteiger charge is 2.29. The molecule has 2 aromatic carbocycles. The van der Waals surface area contributed by atoms with Gasteiger partial charge in [-0.05, 0) is 56.0 Å². The Balaban J connectivity index is 1.75. The predicted octanol–water partition coefficient (Wildman–Crippen LogP) is 3.05. The zero-order valence-electron chi connectivity index (χ0n) is 16.2. The predicted molar refractivity (Wildman–Crippen MR) is 112 cm³/mol. The molecule has 2 aromatic rings. The maximum Gasteiger partial charge on any atom is 0.306 e. The van der Waals surface area contributed by atoms with Crippen molar-refractivity contribution in [1.82, 2.24) is 4.72 Å². The van der Waals surface area contributed by atoms with Gasteiger partial charge < -0.3 is 10.4 Å². The quantitative estimate of drug-likeness (QED) is 0.656. The molecule has 0 saturated heterocycles. The van der Waals surface area contributed by atoms with Gasteiger partial charge in [0.1, 0.15) is 0 Å². The maximum atomic E-state index is 12.8. The SMILES string of the molecule is CNc1cc(S(=O)(=O)NC2CCC(C(=O)O)CC2)ccc1C#Cc1ccccc1. The number of aliphatic carboxylic acids is 1. The van der Waals surface area contributed by atoms with Gasteiger partial charge in [0.15, 0.2) is 0 Å². The molecule has 6 nitrogen and oxygen atoms in total. The largest absolute Gasteiger partial charge is 0.481 e. The zero-order valence-corrected chi connectivity index (χ0v) is 17.0. The van der Waals surface area contributed by atoms with Crippen LogP contribution in [0.4, 0.5) is 5.69 Å². The van der Waals surface area contributed by atoms with Gasteiger partial charge in [0.2, 0.25) is 10.0 Å². The first kappa shape index (κ1) is 20.9. The molecule has 0 heterocycles. The first-order valence-corrected chi connectivity index (χ1v) is 11.0. The third-order valence-electron chi connectivity index (χ3n) is 5.08. The van der Waals surface area contributed by atoms with Crippen molar-refractivity contribution in [2.45, 2.75) is 36.6 Å². The Morgan fingerprint density at radius 1 is 1.03 bits per heavy atom. The van der Waals surface area contributed by atoms with E-state index in [1.807, 2.05) is 30.3 Å². The number of nitrogens with one attached hydrogen (secondary N) is 2. The molecule has 152 valence electrons. The van der Waals surface area contributed by atoms with Crippen molar-refractivity contribution in [2.24, 2.45) is 5.92 Å². The van der Waals surface area contributed by atoms with Crippen molar-refractivity contribution in [3.05, 3.63) is 59.7 Å². The van der Waals surface area contributed by atoms with Crippen LogP contribution in [0.15, 0.2) is 53.4 Å². The minimum absolute atomic E-state index is 0.160. The van der Waals surface area contributed by atoms with E-state index in [0.717, 1.165) is 5.56 Å². The average molecular weight is 413 g/mol. The van der Waals surface area contributed by atoms with Crippen LogP contribution < -0.4 is 10.0 Å². The Labute approximate surface area is 171 Å². The van der Waals surface area contributed by atoms with Gasteiger partial charge in [-0.2, -0.15) is 0 Å². The molecule has 0 bridgehead atoms. The molecule has 3 N–H and O–H groups in total. The summed E-state index contributed by atoms with van der Waals surface area (Å²) in [6.45, 7) is 0. The fourth-order valence-corrected chi connectivity index (χ4v) is 4.74. The molecule has 1 aliphatic rings. The third-order valence-corrected chi connectivity index (χ3v) is 6.60. The van der Waals surface area contributed by atoms with E-state index in [4.69, 9.17) is 5.11 Å². The summed E-state index contributed by atoms with van der Waals surface area (Å²) in [5, 5.41) is 12.1. The van der Waals surface area contributed by atoms with E-state index in [0.29, 0.717) is 36.9 Å². The van der Waals surface area contributed by atoms with Crippen molar-refractivity contribution in [2.75, 3.05) is 12.4 Å². The van der Waals surface area contributed by atoms with Crippen molar-refractivity contribution < 1.29 is 18.3 Å². The number of sulfonamides is 1. The van der Waals surface area contributed by atoms with E-state index in [2.05, 4.69) is 21.9 Å². The highest BCUT2D eigenvalue weighted by Crippen LogP contribution is 2.26. The van der Waals surface area contributed by atoms with E-state index >= 15 is 0 Å². The van der Waals surface area contributed by atoms with Crippen LogP contribution in [0.2, 0.25) is 0 Å². The lowest BCUT2D eigenvalue weighted by Crippen LogP contribution is -2.38. The molecule has 3 rings (SSSR count). The average Bonchev–Trinajstić information content (AvgIpc) is 2.73. The lowest BCUT2D eigenvalue weighted by molar-refractivity contribution is -0.142. The molecule has 7 heteroatoms. The molecule has 0 unspecified atom stereocenters. The summed E-state index contributed by atoms with van der Waals surface area (Å²) in [6.07, 6.45) is 2.02. The van der Waals surface area contributed by atoms with Crippen LogP contribution in [0.1, 0.15) is 36.8 Å². The van der Waals surface area contributed by atoms with E-state index < -0.39 is 16.0 Å². The van der Waals surface area contributed by atoms with Crippen LogP contribution in [0.25, 0.3) is 0 Å². The standard InChI is InChI=1S/C22H24N2O4S/c1-23-21-15-20(14-11-17(21)8-7-16-5-3-2-4-6-16)29(27,28)24-19-12-9-18(10-13-19)22(25)26/h2-6,11,14-15,18-19,23-24H,9-10,12-13H2,1H3,(H,25,26). The van der Waals surface area contributed by atoms with Crippen molar-refractivity contribution >= 4 is 21.7 Å². The number of anilines is 1. The number of carboxylic acids is 1. The topological polar surface area (TPSA) is 95.5 Å². The van der Waals surface area contributed by atoms with E-state index in [1.165, 1.54) is 0 Å². The van der Waals surface area contributed by atoms with Crippen molar-refractivity contribution in [1.29, 1.82) is 0 Å². The molecule has 1 saturated carbocycles. The van der Waals surface area contributed by atoms with Crippen LogP contribution >= 0.6 is 0 Å². The van der Waals surface area contributed by atoms with E-state index in [1.54, 1.807) is 25.2 Å². The first-order valence-electron chi connectivity index (χ1n) is 9.53. The second kappa shape index (κ2) is 9.12. The maximum absolute atomic E-state index is 12.8. The first-order chi connectivity index (χ1) is 13.9. The molecule has 0 aliphatic heterocycles. The Morgan fingerprint density at radius 3 is 2.34 bits per heavy atom. The summed E-state index contributed by atoms with van der Waals surface area (Å²) in [7, 11) is -1.98. The number of hydrogen-bond donors (Lipinski definition) is 3. The van der Waals surface area contributed by atoms with Crippen LogP contribution in [0, 0.1) is 17.8 Å². The molecule has 0 atom stereocenters. The summed E-state index contributed by atoms with van der Waals surface area (Å²) in [4.78, 5) is 11.2. The summed E-state index contributed by atoms with van der Waals surface area (Å²) >= 11 is 0. The lowest BCUT2D eigenvalue weighted by atomic mass is 9.87. The molecule has 0 spiro atoms. The van der Waals surface area contributed by atoms with Crippen LogP contribution in [-0.4, -0.2) is 32.6 Å². The van der Waals surface area contributed by atoms with Gasteiger partial charge in [-0.1, -0.05) is 30.0 Å². The van der Waals surface area contributed by atoms with Gasteiger partial charge in [0.05, 0.1) is 16.5 Å². The Kier molecular flexibility index (Phi) is 6.57. The number of rotatable bonds is 5. The number of benzene rings is 2. The third kappa shape index (κ3) is 5.37. The second-order valence-corrected chi connectivity index (χ2v) is 8.80. The minimum Gasteiger partial charge on any atom is -0.481 e. The fourth-order valence-electron chi connectivity index (χ4n) is 3.41. The van der Waals surface area contributed by atoms with Crippen LogP contribution in [0.3, 0.4) is 0 Å². The second-order valence-electron chi connectivity index (χ2n) is 7.08. The summed E-state index contributed by atoms with van der Waals surface area (Å²) in [6, 6.07) is 14.1. The summed E-state index contributed by atoms with van der Waals surface area (Å²) < 4.78 is 28.3. The molecule has 0 amide bonds. The molecule has 0 aromatic heterocycles. The highest BCUT2D eigenvalue weighted by atomic mass is 32.2. The van der Waals surface area contributed by atoms with Gasteiger partial charge in [-0.25, -0.2) is 13.1 Å². The Hall–Kier alpha value is -2.82. The number of hydrogen-bond acceptors (Lipinski definition) is 4. The smallest absolute Gasteiger partial charge is 0.306 e. The van der Waals surface area contributed by atoms with Crippen molar-refractivity contribution in [3.8, 4) is 11.8 Å². The van der Waals surface area contributed by atoms with Gasteiger partial charge >= 0.3 is 5.97 Å². The van der Waals surface area contributed by atoms with E-state index in [9.17, 15) is 13.2 Å². The van der Waals surface area contributed by atoms with Crippen LogP contribution in [0.5, 0.6) is 0 Å². The normalized spacial score (nSPS) is 19.1. The Morgan fingerprint density at radius 2 is 1.72 bits per heavy atom. The number of carbonyl (C=O) groups is 1. The van der Waals surface area contributed by atoms with Crippen LogP contribution in [-0.2, 0) is 14.8 Å². The molecule has 1 fully saturated rings. The van der Waals surface area contributed by atoms with Gasteiger partial charge in [0, 0.05) is 24.2 Å². The van der Waals surface area contributed by atoms with Crippen molar-refractivity contribution in [3.63, 3.8) is 0 Å². The summed E-state index contributed by atoms with van der Waals surface area (Å²) in [5.74, 6) is 4.95. The van der Waals surface area contributed by atoms with E-state index in [-0.39, 0.29) is 16.9 Å². The molecule has 1 aliphatic carbocycles. The minimum atomic E-state index is -3.70.